The maximum absolute atomic E-state index is 13.3. The van der Waals surface area contributed by atoms with E-state index in [9.17, 15) is 29.1 Å². The number of primary amides is 1. The van der Waals surface area contributed by atoms with Crippen molar-refractivity contribution >= 4 is 35.2 Å². The van der Waals surface area contributed by atoms with Crippen LogP contribution in [0, 0.1) is 0 Å². The highest BCUT2D eigenvalue weighted by atomic mass is 16.5. The number of hydrogen-bond acceptors (Lipinski definition) is 10. The van der Waals surface area contributed by atoms with Gasteiger partial charge >= 0.3 is 0 Å². The molecule has 5 amide bonds. The summed E-state index contributed by atoms with van der Waals surface area (Å²) < 4.78 is 6.00. The van der Waals surface area contributed by atoms with E-state index in [-0.39, 0.29) is 41.5 Å². The molecular formula is C28H30N8O7. The number of ether oxygens (including phenoxy) is 1. The van der Waals surface area contributed by atoms with Crippen molar-refractivity contribution in [1.82, 2.24) is 25.9 Å². The quantitative estimate of drug-likeness (QED) is 0.191. The van der Waals surface area contributed by atoms with E-state index in [1.54, 1.807) is 12.1 Å². The molecule has 0 aliphatic carbocycles. The Morgan fingerprint density at radius 1 is 1.05 bits per heavy atom. The maximum Gasteiger partial charge on any atom is 0.275 e. The molecule has 1 aliphatic rings. The van der Waals surface area contributed by atoms with E-state index in [1.807, 2.05) is 0 Å². The number of aromatic nitrogens is 2. The van der Waals surface area contributed by atoms with Gasteiger partial charge < -0.3 is 42.6 Å². The Bertz CT molecular complexity index is 1500. The first-order chi connectivity index (χ1) is 20.6. The van der Waals surface area contributed by atoms with E-state index in [0.717, 1.165) is 5.56 Å². The summed E-state index contributed by atoms with van der Waals surface area (Å²) in [7, 11) is 0. The van der Waals surface area contributed by atoms with Gasteiger partial charge in [-0.3, -0.25) is 29.0 Å². The molecule has 3 unspecified atom stereocenters. The van der Waals surface area contributed by atoms with Crippen molar-refractivity contribution in [1.29, 1.82) is 0 Å². The number of aromatic hydroxyl groups is 1. The summed E-state index contributed by atoms with van der Waals surface area (Å²) in [6.07, 6.45) is 2.21. The molecule has 43 heavy (non-hydrogen) atoms. The van der Waals surface area contributed by atoms with Gasteiger partial charge in [0.25, 0.3) is 11.8 Å². The van der Waals surface area contributed by atoms with Gasteiger partial charge in [0.2, 0.25) is 17.7 Å². The average molecular weight is 591 g/mol. The minimum absolute atomic E-state index is 0.00817. The Morgan fingerprint density at radius 2 is 1.81 bits per heavy atom. The van der Waals surface area contributed by atoms with Crippen LogP contribution in [-0.2, 0) is 20.8 Å². The summed E-state index contributed by atoms with van der Waals surface area (Å²) in [4.78, 5) is 71.2. The number of carbonyl (C=O) groups is 5. The maximum atomic E-state index is 13.3. The van der Waals surface area contributed by atoms with Crippen molar-refractivity contribution < 1.29 is 33.8 Å². The van der Waals surface area contributed by atoms with Crippen LogP contribution in [0.3, 0.4) is 0 Å². The molecule has 15 nitrogen and oxygen atoms in total. The van der Waals surface area contributed by atoms with E-state index in [2.05, 4.69) is 31.2 Å². The molecule has 0 bridgehead atoms. The molecule has 3 aromatic rings. The lowest BCUT2D eigenvalue weighted by Crippen LogP contribution is -2.54. The molecule has 1 aromatic heterocycles. The fraction of sp³-hybridized carbons (Fsp3) is 0.250. The van der Waals surface area contributed by atoms with Crippen molar-refractivity contribution in [3.05, 3.63) is 77.9 Å². The number of hydrogen-bond donors (Lipinski definition) is 7. The summed E-state index contributed by atoms with van der Waals surface area (Å²) in [5.74, 6) is -3.32. The normalized spacial score (nSPS) is 19.4. The highest BCUT2D eigenvalue weighted by molar-refractivity contribution is 6.04. The topological polar surface area (TPSA) is 241 Å². The lowest BCUT2D eigenvalue weighted by molar-refractivity contribution is -0.131. The minimum Gasteiger partial charge on any atom is -0.508 e. The summed E-state index contributed by atoms with van der Waals surface area (Å²) in [6.45, 7) is -0.151. The van der Waals surface area contributed by atoms with Gasteiger partial charge in [0.1, 0.15) is 29.8 Å². The standard InChI is InChI=1S/C28H30N8O7/c29-23-12-25(39)35-20(11-24(30)38)27(41)34-17(9-15-1-4-18(37)5-2-15)14-43-22-6-3-16(10-19(22)26(40)36-23)33-28(42)21-13-31-7-8-32-21/h1-8,10,13,17,20,23,37H,9,11-12,14,29H2,(H2,30,38)(H,33,42)(H,34,41)(H,35,39)(H,36,40). The highest BCUT2D eigenvalue weighted by Crippen LogP contribution is 2.24. The number of amides is 5. The van der Waals surface area contributed by atoms with Gasteiger partial charge in [-0.05, 0) is 42.3 Å². The van der Waals surface area contributed by atoms with Crippen LogP contribution < -0.4 is 37.5 Å². The van der Waals surface area contributed by atoms with E-state index in [4.69, 9.17) is 16.2 Å². The summed E-state index contributed by atoms with van der Waals surface area (Å²) in [5, 5.41) is 20.0. The van der Waals surface area contributed by atoms with E-state index < -0.39 is 60.6 Å². The van der Waals surface area contributed by atoms with Crippen LogP contribution in [0.5, 0.6) is 11.5 Å². The molecule has 4 rings (SSSR count). The molecule has 0 saturated heterocycles. The number of phenols is 1. The number of benzene rings is 2. The Balaban J connectivity index is 1.65. The molecule has 2 heterocycles. The van der Waals surface area contributed by atoms with Crippen molar-refractivity contribution in [3.63, 3.8) is 0 Å². The minimum atomic E-state index is -1.30. The van der Waals surface area contributed by atoms with Crippen molar-refractivity contribution in [2.75, 3.05) is 11.9 Å². The largest absolute Gasteiger partial charge is 0.508 e. The van der Waals surface area contributed by atoms with Crippen LogP contribution in [0.25, 0.3) is 0 Å². The Morgan fingerprint density at radius 3 is 2.51 bits per heavy atom. The molecule has 3 atom stereocenters. The number of phenolic OH excluding ortho intramolecular Hbond substituents is 1. The SMILES string of the molecule is NC(=O)CC1NC(=O)CC(N)NC(=O)c2cc(NC(=O)c3cnccn3)ccc2OCC(Cc2ccc(O)cc2)NC1=O. The first-order valence-electron chi connectivity index (χ1n) is 13.1. The monoisotopic (exact) mass is 590 g/mol. The van der Waals surface area contributed by atoms with Gasteiger partial charge in [-0.1, -0.05) is 12.1 Å². The fourth-order valence-electron chi connectivity index (χ4n) is 4.24. The van der Waals surface area contributed by atoms with Gasteiger partial charge in [0.05, 0.1) is 36.8 Å². The third-order valence-electron chi connectivity index (χ3n) is 6.26. The zero-order valence-electron chi connectivity index (χ0n) is 22.8. The summed E-state index contributed by atoms with van der Waals surface area (Å²) >= 11 is 0. The Labute approximate surface area is 245 Å². The van der Waals surface area contributed by atoms with Crippen LogP contribution in [0.2, 0.25) is 0 Å². The van der Waals surface area contributed by atoms with Gasteiger partial charge in [-0.25, -0.2) is 4.98 Å². The number of nitrogens with one attached hydrogen (secondary N) is 4. The van der Waals surface area contributed by atoms with Gasteiger partial charge in [0.15, 0.2) is 0 Å². The second-order valence-electron chi connectivity index (χ2n) is 9.72. The lowest BCUT2D eigenvalue weighted by atomic mass is 10.0. The predicted molar refractivity (Wildman–Crippen MR) is 151 cm³/mol. The van der Waals surface area contributed by atoms with E-state index >= 15 is 0 Å². The molecule has 9 N–H and O–H groups in total. The third kappa shape index (κ3) is 8.71. The molecule has 2 aromatic carbocycles. The zero-order chi connectivity index (χ0) is 30.9. The fourth-order valence-corrected chi connectivity index (χ4v) is 4.24. The Kier molecular flexibility index (Phi) is 9.80. The second kappa shape index (κ2) is 13.9. The average Bonchev–Trinajstić information content (AvgIpc) is 2.96. The molecular weight excluding hydrogens is 560 g/mol. The van der Waals surface area contributed by atoms with Gasteiger partial charge in [-0.15, -0.1) is 0 Å². The van der Waals surface area contributed by atoms with Gasteiger partial charge in [0, 0.05) is 18.1 Å². The second-order valence-corrected chi connectivity index (χ2v) is 9.72. The highest BCUT2D eigenvalue weighted by Gasteiger charge is 2.28. The molecule has 0 saturated carbocycles. The molecule has 0 fully saturated rings. The first kappa shape index (κ1) is 30.4. The lowest BCUT2D eigenvalue weighted by Gasteiger charge is -2.25. The van der Waals surface area contributed by atoms with Crippen LogP contribution in [0.4, 0.5) is 5.69 Å². The summed E-state index contributed by atoms with van der Waals surface area (Å²) in [5.41, 5.74) is 12.3. The molecule has 0 radical (unpaired) electrons. The van der Waals surface area contributed by atoms with Gasteiger partial charge in [-0.2, -0.15) is 0 Å². The van der Waals surface area contributed by atoms with E-state index in [0.29, 0.717) is 0 Å². The van der Waals surface area contributed by atoms with Crippen molar-refractivity contribution in [2.24, 2.45) is 11.5 Å². The van der Waals surface area contributed by atoms with Crippen molar-refractivity contribution in [3.8, 4) is 11.5 Å². The van der Waals surface area contributed by atoms with Crippen molar-refractivity contribution in [2.45, 2.75) is 37.5 Å². The molecule has 0 spiro atoms. The van der Waals surface area contributed by atoms with Crippen LogP contribution >= 0.6 is 0 Å². The number of rotatable bonds is 6. The number of nitrogens with two attached hydrogens (primary N) is 2. The number of carbonyl (C=O) groups excluding carboxylic acids is 5. The number of nitrogens with zero attached hydrogens (tertiary/aromatic N) is 2. The number of fused-ring (bicyclic) bond motifs is 1. The van der Waals surface area contributed by atoms with Crippen LogP contribution in [0.1, 0.15) is 39.3 Å². The third-order valence-corrected chi connectivity index (χ3v) is 6.26. The molecule has 1 aliphatic heterocycles. The molecule has 15 heteroatoms. The first-order valence-corrected chi connectivity index (χ1v) is 13.1. The zero-order valence-corrected chi connectivity index (χ0v) is 22.8. The molecule has 224 valence electrons. The van der Waals surface area contributed by atoms with Crippen LogP contribution in [-0.4, -0.2) is 69.5 Å². The summed E-state index contributed by atoms with van der Waals surface area (Å²) in [6, 6.07) is 8.59. The smallest absolute Gasteiger partial charge is 0.275 e. The van der Waals surface area contributed by atoms with Crippen LogP contribution in [0.15, 0.2) is 61.1 Å². The Hall–Kier alpha value is -5.57. The predicted octanol–water partition coefficient (Wildman–Crippen LogP) is -0.681. The number of anilines is 1. The van der Waals surface area contributed by atoms with E-state index in [1.165, 1.54) is 48.9 Å².